The number of phenols is 1. The van der Waals surface area contributed by atoms with E-state index in [1.165, 1.54) is 12.1 Å². The number of hydrogen-bond acceptors (Lipinski definition) is 4. The summed E-state index contributed by atoms with van der Waals surface area (Å²) in [6.45, 7) is 3.89. The van der Waals surface area contributed by atoms with Crippen LogP contribution in [0.1, 0.15) is 31.0 Å². The lowest BCUT2D eigenvalue weighted by molar-refractivity contribution is -0.115. The average Bonchev–Trinajstić information content (AvgIpc) is 2.69. The molecule has 0 radical (unpaired) electrons. The third-order valence-corrected chi connectivity index (χ3v) is 4.56. The van der Waals surface area contributed by atoms with E-state index >= 15 is 0 Å². The van der Waals surface area contributed by atoms with Gasteiger partial charge in [0.2, 0.25) is 5.71 Å². The van der Waals surface area contributed by atoms with Crippen molar-refractivity contribution in [3.05, 3.63) is 59.5 Å². The van der Waals surface area contributed by atoms with Crippen LogP contribution >= 0.6 is 0 Å². The largest absolute Gasteiger partial charge is 0.508 e. The first kappa shape index (κ1) is 19.5. The molecule has 0 amide bonds. The van der Waals surface area contributed by atoms with Crippen molar-refractivity contribution in [3.8, 4) is 28.4 Å². The van der Waals surface area contributed by atoms with Crippen molar-refractivity contribution in [3.63, 3.8) is 0 Å². The van der Waals surface area contributed by atoms with E-state index in [2.05, 4.69) is 17.2 Å². The number of nitrogens with two attached hydrogens (primary N) is 1. The lowest BCUT2D eigenvalue weighted by atomic mass is 10.0. The molecule has 28 heavy (non-hydrogen) atoms. The minimum atomic E-state index is -0.317. The second-order valence-electron chi connectivity index (χ2n) is 6.65. The van der Waals surface area contributed by atoms with Crippen molar-refractivity contribution < 1.29 is 14.9 Å². The maximum atomic E-state index is 13.4. The molecule has 0 fully saturated rings. The first-order valence-electron chi connectivity index (χ1n) is 9.22. The molecule has 0 saturated carbocycles. The predicted octanol–water partition coefficient (Wildman–Crippen LogP) is 3.35. The molecule has 0 saturated heterocycles. The Labute approximate surface area is 163 Å². The number of aromatic hydroxyl groups is 1. The fourth-order valence-electron chi connectivity index (χ4n) is 3.06. The standard InChI is InChI=1S/C22H23FN4O/c1-4-5-17(24)20-21(25-3)19(15-8-11-18(28)13(2)12-15)26-22(27-20)14-6-9-16(23)10-7-14/h6-12,24-25,28H,4-5H2,1-3H3/p+1. The van der Waals surface area contributed by atoms with E-state index in [0.29, 0.717) is 34.9 Å². The Morgan fingerprint density at radius 3 is 2.39 bits per heavy atom. The fourth-order valence-corrected chi connectivity index (χ4v) is 3.06. The van der Waals surface area contributed by atoms with Crippen LogP contribution in [0.2, 0.25) is 0 Å². The summed E-state index contributed by atoms with van der Waals surface area (Å²) in [6.07, 6.45) is 1.58. The average molecular weight is 379 g/mol. The highest BCUT2D eigenvalue weighted by molar-refractivity contribution is 6.02. The Kier molecular flexibility index (Phi) is 5.68. The number of hydrogen-bond donors (Lipinski definition) is 3. The minimum Gasteiger partial charge on any atom is -0.508 e. The SMILES string of the molecule is CCCC(=[NH2+])c1nc(-c2ccc(F)cc2)nc(-c2ccc(O)c(C)c2)c1NC. The summed E-state index contributed by atoms with van der Waals surface area (Å²) >= 11 is 0. The van der Waals surface area contributed by atoms with Gasteiger partial charge in [0.25, 0.3) is 0 Å². The van der Waals surface area contributed by atoms with Gasteiger partial charge in [0, 0.05) is 24.6 Å². The van der Waals surface area contributed by atoms with E-state index in [9.17, 15) is 9.50 Å². The van der Waals surface area contributed by atoms with Gasteiger partial charge >= 0.3 is 0 Å². The van der Waals surface area contributed by atoms with Crippen LogP contribution in [0.15, 0.2) is 42.5 Å². The van der Waals surface area contributed by atoms with E-state index < -0.39 is 0 Å². The number of phenolic OH excluding ortho intramolecular Hbond substituents is 1. The number of nitrogens with zero attached hydrogens (tertiary/aromatic N) is 2. The van der Waals surface area contributed by atoms with E-state index in [4.69, 9.17) is 10.4 Å². The second-order valence-corrected chi connectivity index (χ2v) is 6.65. The molecule has 0 aliphatic rings. The summed E-state index contributed by atoms with van der Waals surface area (Å²) < 4.78 is 13.4. The summed E-state index contributed by atoms with van der Waals surface area (Å²) in [7, 11) is 1.80. The zero-order valence-corrected chi connectivity index (χ0v) is 16.3. The molecule has 0 aliphatic heterocycles. The van der Waals surface area contributed by atoms with E-state index in [1.807, 2.05) is 13.0 Å². The first-order chi connectivity index (χ1) is 13.4. The Morgan fingerprint density at radius 2 is 1.79 bits per heavy atom. The summed E-state index contributed by atoms with van der Waals surface area (Å²) in [5.74, 6) is 0.371. The zero-order chi connectivity index (χ0) is 20.3. The van der Waals surface area contributed by atoms with Gasteiger partial charge < -0.3 is 10.4 Å². The van der Waals surface area contributed by atoms with Crippen LogP contribution in [0.3, 0.4) is 0 Å². The van der Waals surface area contributed by atoms with Gasteiger partial charge in [-0.25, -0.2) is 14.4 Å². The van der Waals surface area contributed by atoms with E-state index in [-0.39, 0.29) is 11.6 Å². The van der Waals surface area contributed by atoms with Crippen LogP contribution in [-0.2, 0) is 0 Å². The van der Waals surface area contributed by atoms with Gasteiger partial charge in [-0.3, -0.25) is 5.41 Å². The molecule has 6 heteroatoms. The number of halogens is 1. The maximum absolute atomic E-state index is 13.4. The van der Waals surface area contributed by atoms with Crippen LogP contribution in [0, 0.1) is 12.7 Å². The fraction of sp³-hybridized carbons (Fsp3) is 0.227. The molecule has 0 aliphatic carbocycles. The van der Waals surface area contributed by atoms with Crippen LogP contribution < -0.4 is 10.7 Å². The number of benzene rings is 2. The summed E-state index contributed by atoms with van der Waals surface area (Å²) in [4.78, 5) is 9.42. The quantitative estimate of drug-likeness (QED) is 0.574. The molecule has 1 aromatic heterocycles. The third kappa shape index (κ3) is 3.86. The Balaban J connectivity index is 2.27. The molecule has 5 nitrogen and oxygen atoms in total. The Hall–Kier alpha value is -3.28. The van der Waals surface area contributed by atoms with Gasteiger partial charge in [0.1, 0.15) is 11.6 Å². The van der Waals surface area contributed by atoms with Crippen LogP contribution in [-0.4, -0.2) is 27.8 Å². The van der Waals surface area contributed by atoms with Gasteiger partial charge in [0.05, 0.1) is 11.4 Å². The van der Waals surface area contributed by atoms with E-state index in [0.717, 1.165) is 23.2 Å². The molecule has 1 heterocycles. The molecule has 2 aromatic carbocycles. The molecule has 3 rings (SSSR count). The highest BCUT2D eigenvalue weighted by atomic mass is 19.1. The van der Waals surface area contributed by atoms with Crippen LogP contribution in [0.5, 0.6) is 5.75 Å². The molecular formula is C22H24FN4O+. The number of rotatable bonds is 6. The number of nitrogens with one attached hydrogen (secondary N) is 1. The van der Waals surface area contributed by atoms with E-state index in [1.54, 1.807) is 31.3 Å². The van der Waals surface area contributed by atoms with Crippen LogP contribution in [0.25, 0.3) is 22.6 Å². The lowest BCUT2D eigenvalue weighted by Gasteiger charge is -2.15. The van der Waals surface area contributed by atoms with Crippen molar-refractivity contribution in [2.75, 3.05) is 12.4 Å². The zero-order valence-electron chi connectivity index (χ0n) is 16.3. The summed E-state index contributed by atoms with van der Waals surface area (Å²) in [5, 5.41) is 19.4. The Morgan fingerprint density at radius 1 is 1.11 bits per heavy atom. The van der Waals surface area contributed by atoms with Gasteiger partial charge in [0.15, 0.2) is 11.5 Å². The highest BCUT2D eigenvalue weighted by Gasteiger charge is 2.21. The number of anilines is 1. The monoisotopic (exact) mass is 379 g/mol. The summed E-state index contributed by atoms with van der Waals surface area (Å²) in [5.41, 5.74) is 4.97. The molecule has 0 spiro atoms. The molecule has 4 N–H and O–H groups in total. The van der Waals surface area contributed by atoms with Crippen molar-refractivity contribution in [1.82, 2.24) is 9.97 Å². The number of aryl methyl sites for hydroxylation is 1. The van der Waals surface area contributed by atoms with Crippen LogP contribution in [0.4, 0.5) is 10.1 Å². The van der Waals surface area contributed by atoms with Gasteiger partial charge in [-0.2, -0.15) is 0 Å². The molecule has 0 bridgehead atoms. The smallest absolute Gasteiger partial charge is 0.200 e. The van der Waals surface area contributed by atoms with Crippen molar-refractivity contribution in [1.29, 1.82) is 0 Å². The van der Waals surface area contributed by atoms with Crippen molar-refractivity contribution in [2.45, 2.75) is 26.7 Å². The number of aromatic nitrogens is 2. The molecular weight excluding hydrogens is 355 g/mol. The molecule has 3 aromatic rings. The molecule has 0 unspecified atom stereocenters. The van der Waals surface area contributed by atoms with Gasteiger partial charge in [-0.1, -0.05) is 6.92 Å². The minimum absolute atomic E-state index is 0.222. The first-order valence-corrected chi connectivity index (χ1v) is 9.22. The predicted molar refractivity (Wildman–Crippen MR) is 110 cm³/mol. The van der Waals surface area contributed by atoms with Gasteiger partial charge in [-0.05, 0) is 61.4 Å². The topological polar surface area (TPSA) is 83.6 Å². The second kappa shape index (κ2) is 8.17. The highest BCUT2D eigenvalue weighted by Crippen LogP contribution is 2.33. The van der Waals surface area contributed by atoms with Gasteiger partial charge in [-0.15, -0.1) is 0 Å². The van der Waals surface area contributed by atoms with Crippen molar-refractivity contribution in [2.24, 2.45) is 0 Å². The molecule has 144 valence electrons. The normalized spacial score (nSPS) is 10.7. The lowest BCUT2D eigenvalue weighted by Crippen LogP contribution is -2.41. The molecule has 0 atom stereocenters. The third-order valence-electron chi connectivity index (χ3n) is 4.56. The Bertz CT molecular complexity index is 1020. The maximum Gasteiger partial charge on any atom is 0.200 e. The summed E-state index contributed by atoms with van der Waals surface area (Å²) in [6, 6.07) is 11.4. The van der Waals surface area contributed by atoms with Crippen molar-refractivity contribution >= 4 is 11.4 Å².